The van der Waals surface area contributed by atoms with Gasteiger partial charge in [0.15, 0.2) is 0 Å². The van der Waals surface area contributed by atoms with Crippen molar-refractivity contribution in [3.05, 3.63) is 63.9 Å². The molecule has 0 unspecified atom stereocenters. The van der Waals surface area contributed by atoms with Crippen molar-refractivity contribution in [2.24, 2.45) is 5.73 Å². The number of ether oxygens (including phenoxy) is 2. The fourth-order valence-corrected chi connectivity index (χ4v) is 5.34. The number of halogens is 2. The van der Waals surface area contributed by atoms with E-state index in [4.69, 9.17) is 20.3 Å². The van der Waals surface area contributed by atoms with Gasteiger partial charge in [-0.15, -0.1) is 0 Å². The Bertz CT molecular complexity index is 1010. The molecule has 0 aromatic heterocycles. The SMILES string of the molecule is COc1ccc(C(=O)NC2CCCCC2)cc1Br.COc1ccc(C(=O)O)cc1Br.NC1CCCCC1.[CH3-].[V]. The molecule has 7 nitrogen and oxygen atoms in total. The molecule has 0 aliphatic heterocycles. The standard InChI is InChI=1S/C14H18BrNO2.C8H7BrO3.C6H13N.CH3.V/c1-18-13-8-7-10(9-12(13)15)14(17)16-11-5-3-2-4-6-11;1-12-7-3-2-5(8(10)11)4-6(7)9;7-6-4-2-1-3-5-6;;/h7-9,11H,2-6H2,1H3,(H,16,17);2-4H,1H3,(H,10,11);6H,1-5,7H2;1H3;/q;;;-1;. The molecule has 1 amide bonds. The van der Waals surface area contributed by atoms with Crippen LogP contribution < -0.4 is 20.5 Å². The first kappa shape index (κ1) is 37.5. The van der Waals surface area contributed by atoms with Gasteiger partial charge in [-0.3, -0.25) is 4.79 Å². The number of carbonyl (C=O) groups is 2. The number of nitrogens with one attached hydrogen (secondary N) is 1. The summed E-state index contributed by atoms with van der Waals surface area (Å²) in [5.74, 6) is 0.424. The summed E-state index contributed by atoms with van der Waals surface area (Å²) in [5, 5.41) is 11.7. The van der Waals surface area contributed by atoms with Crippen molar-refractivity contribution in [2.45, 2.75) is 76.3 Å². The molecule has 4 N–H and O–H groups in total. The maximum Gasteiger partial charge on any atom is 0.335 e. The molecule has 2 aliphatic rings. The number of hydrogen-bond acceptors (Lipinski definition) is 5. The number of methoxy groups -OCH3 is 2. The van der Waals surface area contributed by atoms with Crippen LogP contribution in [0.2, 0.25) is 0 Å². The molecule has 0 atom stereocenters. The molecule has 2 aromatic rings. The second-order valence-corrected chi connectivity index (χ2v) is 10.9. The van der Waals surface area contributed by atoms with E-state index in [0.717, 1.165) is 23.1 Å². The van der Waals surface area contributed by atoms with Crippen LogP contribution in [0.25, 0.3) is 0 Å². The minimum absolute atomic E-state index is 0. The molecule has 0 bridgehead atoms. The van der Waals surface area contributed by atoms with Gasteiger partial charge < -0.3 is 33.1 Å². The van der Waals surface area contributed by atoms with Crippen LogP contribution in [-0.4, -0.2) is 43.3 Å². The zero-order chi connectivity index (χ0) is 27.2. The van der Waals surface area contributed by atoms with E-state index in [1.807, 2.05) is 0 Å². The van der Waals surface area contributed by atoms with Gasteiger partial charge >= 0.3 is 5.97 Å². The van der Waals surface area contributed by atoms with Gasteiger partial charge in [-0.05, 0) is 93.9 Å². The Morgan fingerprint density at radius 3 is 1.64 bits per heavy atom. The second kappa shape index (κ2) is 20.4. The zero-order valence-electron chi connectivity index (χ0n) is 23.1. The van der Waals surface area contributed by atoms with Crippen LogP contribution >= 0.6 is 31.9 Å². The largest absolute Gasteiger partial charge is 0.496 e. The predicted octanol–water partition coefficient (Wildman–Crippen LogP) is 7.40. The Kier molecular flexibility index (Phi) is 19.6. The third-order valence-corrected chi connectivity index (χ3v) is 7.64. The number of amides is 1. The van der Waals surface area contributed by atoms with Gasteiger partial charge in [0.25, 0.3) is 5.91 Å². The monoisotopic (exact) mass is 706 g/mol. The fourth-order valence-electron chi connectivity index (χ4n) is 4.26. The number of aromatic carboxylic acids is 1. The maximum atomic E-state index is 12.1. The summed E-state index contributed by atoms with van der Waals surface area (Å²) in [7, 11) is 3.14. The van der Waals surface area contributed by atoms with Gasteiger partial charge in [0, 0.05) is 36.2 Å². The summed E-state index contributed by atoms with van der Waals surface area (Å²) in [5.41, 5.74) is 6.55. The van der Waals surface area contributed by atoms with E-state index in [0.29, 0.717) is 27.9 Å². The molecule has 2 fully saturated rings. The normalized spacial score (nSPS) is 15.0. The Morgan fingerprint density at radius 2 is 1.26 bits per heavy atom. The molecule has 0 spiro atoms. The maximum absolute atomic E-state index is 12.1. The average molecular weight is 708 g/mol. The van der Waals surface area contributed by atoms with Crippen LogP contribution in [0, 0.1) is 7.43 Å². The fraction of sp³-hybridized carbons (Fsp3) is 0.483. The molecular formula is C29H41Br2N2O5V-. The number of carboxylic acid groups (broad SMARTS) is 1. The number of rotatable bonds is 5. The van der Waals surface area contributed by atoms with E-state index in [2.05, 4.69) is 37.2 Å². The molecule has 0 saturated heterocycles. The number of carboxylic acids is 1. The van der Waals surface area contributed by atoms with Crippen molar-refractivity contribution >= 4 is 43.7 Å². The summed E-state index contributed by atoms with van der Waals surface area (Å²) < 4.78 is 11.5. The third-order valence-electron chi connectivity index (χ3n) is 6.40. The van der Waals surface area contributed by atoms with Crippen LogP contribution in [0.15, 0.2) is 45.3 Å². The van der Waals surface area contributed by atoms with Gasteiger partial charge in [-0.1, -0.05) is 38.5 Å². The van der Waals surface area contributed by atoms with E-state index < -0.39 is 5.97 Å². The van der Waals surface area contributed by atoms with Gasteiger partial charge in [0.05, 0.1) is 28.7 Å². The molecule has 217 valence electrons. The van der Waals surface area contributed by atoms with Crippen LogP contribution in [0.5, 0.6) is 11.5 Å². The van der Waals surface area contributed by atoms with Crippen LogP contribution in [0.1, 0.15) is 84.9 Å². The average Bonchev–Trinajstić information content (AvgIpc) is 2.90. The van der Waals surface area contributed by atoms with Crippen LogP contribution in [0.3, 0.4) is 0 Å². The van der Waals surface area contributed by atoms with Crippen LogP contribution in [0.4, 0.5) is 0 Å². The second-order valence-electron chi connectivity index (χ2n) is 9.21. The molecular weight excluding hydrogens is 667 g/mol. The van der Waals surface area contributed by atoms with Gasteiger partial charge in [0.2, 0.25) is 0 Å². The first-order chi connectivity index (χ1) is 17.7. The minimum atomic E-state index is -0.946. The van der Waals surface area contributed by atoms with Crippen LogP contribution in [-0.2, 0) is 18.6 Å². The third kappa shape index (κ3) is 13.6. The Hall–Kier alpha value is -1.52. The summed E-state index contributed by atoms with van der Waals surface area (Å²) in [4.78, 5) is 22.6. The van der Waals surface area contributed by atoms with Crippen molar-refractivity contribution in [1.29, 1.82) is 0 Å². The van der Waals surface area contributed by atoms with Gasteiger partial charge in [-0.2, -0.15) is 0 Å². The molecule has 0 heterocycles. The number of carbonyl (C=O) groups excluding carboxylic acids is 1. The minimum Gasteiger partial charge on any atom is -0.496 e. The van der Waals surface area contributed by atoms with E-state index in [1.54, 1.807) is 31.4 Å². The summed E-state index contributed by atoms with van der Waals surface area (Å²) in [6.07, 6.45) is 12.6. The van der Waals surface area contributed by atoms with Crippen molar-refractivity contribution in [3.8, 4) is 11.5 Å². The van der Waals surface area contributed by atoms with Crippen molar-refractivity contribution in [3.63, 3.8) is 0 Å². The smallest absolute Gasteiger partial charge is 0.335 e. The summed E-state index contributed by atoms with van der Waals surface area (Å²) in [6, 6.07) is 10.9. The van der Waals surface area contributed by atoms with Crippen molar-refractivity contribution < 1.29 is 42.7 Å². The Morgan fingerprint density at radius 1 is 0.821 bits per heavy atom. The summed E-state index contributed by atoms with van der Waals surface area (Å²) in [6.45, 7) is 0. The number of nitrogens with two attached hydrogens (primary N) is 1. The molecule has 1 radical (unpaired) electrons. The van der Waals surface area contributed by atoms with E-state index in [9.17, 15) is 9.59 Å². The molecule has 4 rings (SSSR count). The Balaban J connectivity index is 0.000000596. The van der Waals surface area contributed by atoms with Gasteiger partial charge in [-0.25, -0.2) is 4.79 Å². The Labute approximate surface area is 262 Å². The number of hydrogen-bond donors (Lipinski definition) is 3. The molecule has 2 aromatic carbocycles. The molecule has 39 heavy (non-hydrogen) atoms. The quantitative estimate of drug-likeness (QED) is 0.280. The van der Waals surface area contributed by atoms with E-state index >= 15 is 0 Å². The predicted molar refractivity (Wildman–Crippen MR) is 160 cm³/mol. The van der Waals surface area contributed by atoms with Gasteiger partial charge in [0.1, 0.15) is 11.5 Å². The van der Waals surface area contributed by atoms with Crippen molar-refractivity contribution in [1.82, 2.24) is 5.32 Å². The first-order valence-corrected chi connectivity index (χ1v) is 14.3. The summed E-state index contributed by atoms with van der Waals surface area (Å²) >= 11 is 6.58. The first-order valence-electron chi connectivity index (χ1n) is 12.7. The topological polar surface area (TPSA) is 111 Å². The van der Waals surface area contributed by atoms with Crippen molar-refractivity contribution in [2.75, 3.05) is 14.2 Å². The zero-order valence-corrected chi connectivity index (χ0v) is 27.6. The van der Waals surface area contributed by atoms with E-state index in [-0.39, 0.29) is 37.5 Å². The van der Waals surface area contributed by atoms with E-state index in [1.165, 1.54) is 70.6 Å². The molecule has 10 heteroatoms. The number of benzene rings is 2. The molecule has 2 aliphatic carbocycles. The molecule has 2 saturated carbocycles.